The van der Waals surface area contributed by atoms with E-state index in [0.29, 0.717) is 17.7 Å². The molecule has 6 rings (SSSR count). The zero-order valence-corrected chi connectivity index (χ0v) is 34.0. The van der Waals surface area contributed by atoms with Crippen molar-refractivity contribution in [1.29, 1.82) is 0 Å². The first kappa shape index (κ1) is 39.9. The van der Waals surface area contributed by atoms with Crippen LogP contribution >= 0.6 is 23.2 Å². The summed E-state index contributed by atoms with van der Waals surface area (Å²) in [5, 5.41) is 11.1. The fourth-order valence-electron chi connectivity index (χ4n) is 11.3. The maximum absolute atomic E-state index is 11.1. The van der Waals surface area contributed by atoms with Gasteiger partial charge in [-0.05, 0) is 82.5 Å². The molecule has 6 saturated heterocycles. The molecule has 6 aliphatic heterocycles. The molecule has 19 atom stereocenters. The maximum atomic E-state index is 11.1. The van der Waals surface area contributed by atoms with Crippen molar-refractivity contribution in [3.05, 3.63) is 0 Å². The fraction of sp³-hybridized carbons (Fsp3) is 1.00. The topological polar surface area (TPSA) is 84.8 Å². The van der Waals surface area contributed by atoms with Crippen molar-refractivity contribution in [3.8, 4) is 0 Å². The van der Waals surface area contributed by atoms with E-state index in [2.05, 4.69) is 55.4 Å². The van der Waals surface area contributed by atoms with Gasteiger partial charge in [0.1, 0.15) is 0 Å². The highest BCUT2D eigenvalue weighted by atomic mass is 35.5. The number of hydrogen-bond acceptors (Lipinski definition) is 8. The van der Waals surface area contributed by atoms with E-state index in [1.165, 1.54) is 0 Å². The van der Waals surface area contributed by atoms with Crippen LogP contribution in [0.4, 0.5) is 0 Å². The number of alkyl halides is 2. The van der Waals surface area contributed by atoms with Crippen LogP contribution in [-0.4, -0.2) is 95.6 Å². The van der Waals surface area contributed by atoms with Crippen LogP contribution in [0.2, 0.25) is 0 Å². The summed E-state index contributed by atoms with van der Waals surface area (Å²) in [4.78, 5) is 0. The van der Waals surface area contributed by atoms with Crippen molar-refractivity contribution in [2.24, 2.45) is 41.4 Å². The lowest BCUT2D eigenvalue weighted by Gasteiger charge is -2.50. The summed E-state index contributed by atoms with van der Waals surface area (Å²) in [6.07, 6.45) is 8.04. The van der Waals surface area contributed by atoms with Crippen LogP contribution in [-0.2, 0) is 33.2 Å². The monoisotopic (exact) mass is 746 g/mol. The standard InChI is InChI=1S/C40H68Cl2O8/c1-22-11-12-29(45-34(22)25(4)20-41)17-30-18-31(44-10)28(7)40(47-30)27(6)19-38(9,50-40)33-13-14-37(8,48-33)36-24(3)16-32(46-36)35-23(2)15-26(5)39(43,21-42)49-35/h22-36,43H,11-21H2,1-10H3/t22-,23-,24-,25-,26+,27+,28+,29+,30+,31+,32+,33+,34+,35-,36+,37-,38-,39-,40?/m0/s1. The molecule has 290 valence electrons. The summed E-state index contributed by atoms with van der Waals surface area (Å²) < 4.78 is 47.6. The molecule has 0 aliphatic carbocycles. The van der Waals surface area contributed by atoms with Gasteiger partial charge in [-0.1, -0.05) is 48.5 Å². The molecule has 10 heteroatoms. The number of aliphatic hydroxyl groups is 1. The van der Waals surface area contributed by atoms with Gasteiger partial charge in [0.2, 0.25) is 0 Å². The third-order valence-electron chi connectivity index (χ3n) is 14.3. The van der Waals surface area contributed by atoms with Gasteiger partial charge in [-0.25, -0.2) is 0 Å². The molecule has 0 saturated carbocycles. The Hall–Kier alpha value is 0.260. The Bertz CT molecular complexity index is 1160. The largest absolute Gasteiger partial charge is 0.381 e. The van der Waals surface area contributed by atoms with Gasteiger partial charge in [0.15, 0.2) is 11.6 Å². The first-order chi connectivity index (χ1) is 23.5. The minimum atomic E-state index is -1.32. The molecule has 1 spiro atoms. The van der Waals surface area contributed by atoms with Crippen molar-refractivity contribution in [2.45, 2.75) is 192 Å². The van der Waals surface area contributed by atoms with E-state index in [0.717, 1.165) is 57.8 Å². The molecular weight excluding hydrogens is 679 g/mol. The van der Waals surface area contributed by atoms with Gasteiger partial charge in [0.25, 0.3) is 0 Å². The summed E-state index contributed by atoms with van der Waals surface area (Å²) in [6, 6.07) is 0. The average molecular weight is 748 g/mol. The first-order valence-electron chi connectivity index (χ1n) is 19.9. The molecule has 0 amide bonds. The lowest BCUT2D eigenvalue weighted by atomic mass is 9.78. The van der Waals surface area contributed by atoms with Crippen LogP contribution in [0.1, 0.15) is 120 Å². The van der Waals surface area contributed by atoms with Gasteiger partial charge >= 0.3 is 0 Å². The van der Waals surface area contributed by atoms with Crippen LogP contribution in [0.5, 0.6) is 0 Å². The second-order valence-corrected chi connectivity index (χ2v) is 18.9. The van der Waals surface area contributed by atoms with E-state index in [4.69, 9.17) is 56.4 Å². The molecule has 0 bridgehead atoms. The zero-order valence-electron chi connectivity index (χ0n) is 32.5. The summed E-state index contributed by atoms with van der Waals surface area (Å²) in [7, 11) is 1.82. The summed E-state index contributed by atoms with van der Waals surface area (Å²) in [5.74, 6) is 0.155. The highest BCUT2D eigenvalue weighted by Gasteiger charge is 2.65. The lowest BCUT2D eigenvalue weighted by molar-refractivity contribution is -0.352. The van der Waals surface area contributed by atoms with E-state index in [1.54, 1.807) is 0 Å². The predicted molar refractivity (Wildman–Crippen MR) is 195 cm³/mol. The average Bonchev–Trinajstić information content (AvgIpc) is 3.75. The molecule has 0 aromatic heterocycles. The van der Waals surface area contributed by atoms with E-state index >= 15 is 0 Å². The lowest BCUT2D eigenvalue weighted by Crippen LogP contribution is -2.58. The minimum absolute atomic E-state index is 0.0189. The smallest absolute Gasteiger partial charge is 0.182 e. The van der Waals surface area contributed by atoms with E-state index in [-0.39, 0.29) is 84.3 Å². The van der Waals surface area contributed by atoms with Gasteiger partial charge in [0.05, 0.1) is 65.9 Å². The molecule has 1 unspecified atom stereocenters. The zero-order chi connectivity index (χ0) is 36.4. The molecule has 6 fully saturated rings. The highest BCUT2D eigenvalue weighted by Crippen LogP contribution is 2.57. The minimum Gasteiger partial charge on any atom is -0.381 e. The SMILES string of the molecule is CO[C@@H]1C[C@@H](C[C@H]2CC[C@H](C)[C@H]([C@@H](C)CCl)O2)OC2(O[C@](C)([C@H]3CC[C@@](C)([C@@H]4O[C@@H]([C@H]5O[C@@](O)(CCl)[C@H](C)C[C@@H]5C)C[C@@H]4C)O3)C[C@H]2C)[C@@H]1C. The number of ether oxygens (including phenoxy) is 7. The van der Waals surface area contributed by atoms with Crippen molar-refractivity contribution >= 4 is 23.2 Å². The Balaban J connectivity index is 1.13. The van der Waals surface area contributed by atoms with Crippen molar-refractivity contribution in [2.75, 3.05) is 18.9 Å². The van der Waals surface area contributed by atoms with Gasteiger partial charge in [0, 0.05) is 43.6 Å². The van der Waals surface area contributed by atoms with Gasteiger partial charge in [-0.15, -0.1) is 23.2 Å². The Morgan fingerprint density at radius 1 is 0.820 bits per heavy atom. The second-order valence-electron chi connectivity index (χ2n) is 18.4. The van der Waals surface area contributed by atoms with Gasteiger partial charge < -0.3 is 38.3 Å². The Morgan fingerprint density at radius 2 is 1.56 bits per heavy atom. The van der Waals surface area contributed by atoms with Crippen LogP contribution in [0, 0.1) is 41.4 Å². The van der Waals surface area contributed by atoms with E-state index < -0.39 is 22.8 Å². The molecule has 0 aromatic rings. The molecule has 6 heterocycles. The number of rotatable bonds is 9. The Morgan fingerprint density at radius 3 is 2.24 bits per heavy atom. The predicted octanol–water partition coefficient (Wildman–Crippen LogP) is 8.11. The quantitative estimate of drug-likeness (QED) is 0.237. The van der Waals surface area contributed by atoms with Crippen molar-refractivity contribution in [3.63, 3.8) is 0 Å². The Labute approximate surface area is 312 Å². The van der Waals surface area contributed by atoms with E-state index in [9.17, 15) is 5.11 Å². The normalized spacial score (nSPS) is 55.1. The third-order valence-corrected chi connectivity index (χ3v) is 15.2. The summed E-state index contributed by atoms with van der Waals surface area (Å²) >= 11 is 12.5. The van der Waals surface area contributed by atoms with Gasteiger partial charge in [-0.3, -0.25) is 0 Å². The molecular formula is C40H68Cl2O8. The van der Waals surface area contributed by atoms with E-state index in [1.807, 2.05) is 14.0 Å². The number of hydrogen-bond donors (Lipinski definition) is 1. The molecule has 0 aromatic carbocycles. The van der Waals surface area contributed by atoms with Crippen LogP contribution in [0.3, 0.4) is 0 Å². The van der Waals surface area contributed by atoms with Crippen LogP contribution in [0.15, 0.2) is 0 Å². The number of methoxy groups -OCH3 is 1. The van der Waals surface area contributed by atoms with Crippen LogP contribution < -0.4 is 0 Å². The van der Waals surface area contributed by atoms with Crippen molar-refractivity contribution in [1.82, 2.24) is 0 Å². The third kappa shape index (κ3) is 7.21. The Kier molecular flexibility index (Phi) is 12.0. The maximum Gasteiger partial charge on any atom is 0.182 e. The first-order valence-corrected chi connectivity index (χ1v) is 21.0. The fourth-order valence-corrected chi connectivity index (χ4v) is 11.8. The summed E-state index contributed by atoms with van der Waals surface area (Å²) in [5.41, 5.74) is -0.973. The number of halogens is 2. The highest BCUT2D eigenvalue weighted by molar-refractivity contribution is 6.18. The van der Waals surface area contributed by atoms with Crippen molar-refractivity contribution < 1.29 is 38.3 Å². The molecule has 0 radical (unpaired) electrons. The van der Waals surface area contributed by atoms with Gasteiger partial charge in [-0.2, -0.15) is 0 Å². The van der Waals surface area contributed by atoms with Crippen LogP contribution in [0.25, 0.3) is 0 Å². The molecule has 6 aliphatic rings. The second kappa shape index (κ2) is 15.1. The molecule has 50 heavy (non-hydrogen) atoms. The summed E-state index contributed by atoms with van der Waals surface area (Å²) in [6.45, 7) is 19.9. The molecule has 8 nitrogen and oxygen atoms in total. The molecule has 1 N–H and O–H groups in total.